The Morgan fingerprint density at radius 2 is 2.08 bits per heavy atom. The van der Waals surface area contributed by atoms with E-state index in [0.29, 0.717) is 6.54 Å². The van der Waals surface area contributed by atoms with E-state index < -0.39 is 0 Å². The summed E-state index contributed by atoms with van der Waals surface area (Å²) >= 11 is 0. The number of hydrogen-bond acceptors (Lipinski definition) is 3. The molecule has 2 aromatic carbocycles. The van der Waals surface area contributed by atoms with E-state index in [4.69, 9.17) is 5.26 Å². The fourth-order valence-electron chi connectivity index (χ4n) is 3.48. The predicted molar refractivity (Wildman–Crippen MR) is 99.1 cm³/mol. The number of amides is 1. The molecule has 5 heteroatoms. The number of halogens is 1. The molecule has 0 N–H and O–H groups in total. The Morgan fingerprint density at radius 3 is 2.81 bits per heavy atom. The van der Waals surface area contributed by atoms with Crippen molar-refractivity contribution >= 4 is 11.6 Å². The molecule has 0 saturated carbocycles. The van der Waals surface area contributed by atoms with Crippen LogP contribution in [0.15, 0.2) is 48.5 Å². The van der Waals surface area contributed by atoms with Gasteiger partial charge in [-0.3, -0.25) is 9.69 Å². The predicted octanol–water partition coefficient (Wildman–Crippen LogP) is 3.69. The molecule has 3 rings (SSSR count). The molecule has 0 bridgehead atoms. The lowest BCUT2D eigenvalue weighted by Gasteiger charge is -2.36. The maximum atomic E-state index is 13.6. The molecule has 2 aromatic rings. The summed E-state index contributed by atoms with van der Waals surface area (Å²) < 4.78 is 13.6. The van der Waals surface area contributed by atoms with E-state index in [-0.39, 0.29) is 30.7 Å². The summed E-state index contributed by atoms with van der Waals surface area (Å²) in [6.07, 6.45) is 1.08. The average Bonchev–Trinajstić information content (AvgIpc) is 2.65. The molecule has 1 heterocycles. The van der Waals surface area contributed by atoms with Crippen LogP contribution in [0.5, 0.6) is 0 Å². The van der Waals surface area contributed by atoms with E-state index in [1.807, 2.05) is 43.3 Å². The lowest BCUT2D eigenvalue weighted by atomic mass is 9.93. The first-order chi connectivity index (χ1) is 12.6. The molecule has 1 aliphatic rings. The van der Waals surface area contributed by atoms with Gasteiger partial charge in [-0.15, -0.1) is 0 Å². The first kappa shape index (κ1) is 18.1. The molecule has 0 aliphatic carbocycles. The monoisotopic (exact) mass is 351 g/mol. The minimum Gasteiger partial charge on any atom is -0.310 e. The lowest BCUT2D eigenvalue weighted by Crippen LogP contribution is -2.44. The van der Waals surface area contributed by atoms with Crippen LogP contribution < -0.4 is 4.90 Å². The first-order valence-corrected chi connectivity index (χ1v) is 8.85. The van der Waals surface area contributed by atoms with Gasteiger partial charge in [0.2, 0.25) is 5.91 Å². The zero-order valence-corrected chi connectivity index (χ0v) is 14.9. The quantitative estimate of drug-likeness (QED) is 0.825. The van der Waals surface area contributed by atoms with E-state index in [0.717, 1.165) is 29.8 Å². The van der Waals surface area contributed by atoms with E-state index in [1.54, 1.807) is 11.0 Å². The summed E-state index contributed by atoms with van der Waals surface area (Å²) in [7, 11) is 0. The van der Waals surface area contributed by atoms with Crippen LogP contribution in [0.1, 0.15) is 30.5 Å². The topological polar surface area (TPSA) is 47.3 Å². The molecule has 1 aliphatic heterocycles. The van der Waals surface area contributed by atoms with Gasteiger partial charge < -0.3 is 4.90 Å². The molecule has 1 unspecified atom stereocenters. The standard InChI is InChI=1S/C21H22FN3O/c1-16-20-14-18(22)9-8-17(20)10-13-24(16)15-21(26)25(12-5-11-23)19-6-3-2-4-7-19/h2-4,6-9,14,16H,5,10,12-13,15H2,1H3. The van der Waals surface area contributed by atoms with E-state index >= 15 is 0 Å². The number of carbonyl (C=O) groups is 1. The van der Waals surface area contributed by atoms with Gasteiger partial charge in [0, 0.05) is 24.8 Å². The van der Waals surface area contributed by atoms with Crippen molar-refractivity contribution in [3.63, 3.8) is 0 Å². The second-order valence-electron chi connectivity index (χ2n) is 6.53. The van der Waals surface area contributed by atoms with Crippen molar-refractivity contribution in [1.29, 1.82) is 5.26 Å². The number of rotatable bonds is 5. The smallest absolute Gasteiger partial charge is 0.241 e. The normalized spacial score (nSPS) is 16.6. The van der Waals surface area contributed by atoms with E-state index in [9.17, 15) is 9.18 Å². The Kier molecular flexibility index (Phi) is 5.65. The van der Waals surface area contributed by atoms with Gasteiger partial charge in [-0.1, -0.05) is 24.3 Å². The number of nitrogens with zero attached hydrogens (tertiary/aromatic N) is 3. The van der Waals surface area contributed by atoms with Crippen molar-refractivity contribution in [2.45, 2.75) is 25.8 Å². The van der Waals surface area contributed by atoms with Crippen molar-refractivity contribution in [3.8, 4) is 6.07 Å². The van der Waals surface area contributed by atoms with Crippen molar-refractivity contribution < 1.29 is 9.18 Å². The van der Waals surface area contributed by atoms with Gasteiger partial charge in [0.05, 0.1) is 19.0 Å². The Balaban J connectivity index is 1.76. The molecule has 0 saturated heterocycles. The van der Waals surface area contributed by atoms with Gasteiger partial charge >= 0.3 is 0 Å². The number of carbonyl (C=O) groups excluding carboxylic acids is 1. The molecular formula is C21H22FN3O. The minimum atomic E-state index is -0.247. The van der Waals surface area contributed by atoms with Crippen molar-refractivity contribution in [1.82, 2.24) is 4.90 Å². The number of hydrogen-bond donors (Lipinski definition) is 0. The van der Waals surface area contributed by atoms with Crippen molar-refractivity contribution in [2.24, 2.45) is 0 Å². The molecule has 0 aromatic heterocycles. The summed E-state index contributed by atoms with van der Waals surface area (Å²) in [6.45, 7) is 3.38. The van der Waals surface area contributed by atoms with E-state index in [1.165, 1.54) is 6.07 Å². The first-order valence-electron chi connectivity index (χ1n) is 8.85. The molecule has 0 spiro atoms. The van der Waals surface area contributed by atoms with Crippen LogP contribution >= 0.6 is 0 Å². The van der Waals surface area contributed by atoms with Crippen LogP contribution in [0, 0.1) is 17.1 Å². The summed E-state index contributed by atoms with van der Waals surface area (Å²) in [6, 6.07) is 16.4. The molecule has 4 nitrogen and oxygen atoms in total. The zero-order valence-electron chi connectivity index (χ0n) is 14.9. The third-order valence-corrected chi connectivity index (χ3v) is 4.93. The molecule has 134 valence electrons. The Bertz CT molecular complexity index is 816. The maximum Gasteiger partial charge on any atom is 0.241 e. The molecule has 0 fully saturated rings. The van der Waals surface area contributed by atoms with Gasteiger partial charge in [-0.2, -0.15) is 5.26 Å². The van der Waals surface area contributed by atoms with Crippen LogP contribution in [-0.2, 0) is 11.2 Å². The highest BCUT2D eigenvalue weighted by atomic mass is 19.1. The van der Waals surface area contributed by atoms with Gasteiger partial charge in [0.25, 0.3) is 0 Å². The minimum absolute atomic E-state index is 0.0213. The third kappa shape index (κ3) is 3.92. The van der Waals surface area contributed by atoms with Gasteiger partial charge in [-0.05, 0) is 48.7 Å². The third-order valence-electron chi connectivity index (χ3n) is 4.93. The van der Waals surface area contributed by atoms with Gasteiger partial charge in [0.1, 0.15) is 5.82 Å². The van der Waals surface area contributed by atoms with Crippen LogP contribution in [-0.4, -0.2) is 30.4 Å². The fraction of sp³-hybridized carbons (Fsp3) is 0.333. The van der Waals surface area contributed by atoms with E-state index in [2.05, 4.69) is 11.0 Å². The average molecular weight is 351 g/mol. The fourth-order valence-corrected chi connectivity index (χ4v) is 3.48. The number of benzene rings is 2. The Hall–Kier alpha value is -2.71. The zero-order chi connectivity index (χ0) is 18.5. The highest BCUT2D eigenvalue weighted by molar-refractivity contribution is 5.94. The lowest BCUT2D eigenvalue weighted by molar-refractivity contribution is -0.120. The SMILES string of the molecule is CC1c2cc(F)ccc2CCN1CC(=O)N(CCC#N)c1ccccc1. The van der Waals surface area contributed by atoms with Gasteiger partial charge in [-0.25, -0.2) is 4.39 Å². The number of nitriles is 1. The summed E-state index contributed by atoms with van der Waals surface area (Å²) in [5, 5.41) is 8.91. The van der Waals surface area contributed by atoms with Gasteiger partial charge in [0.15, 0.2) is 0 Å². The summed E-state index contributed by atoms with van der Waals surface area (Å²) in [4.78, 5) is 16.7. The summed E-state index contributed by atoms with van der Waals surface area (Å²) in [5.74, 6) is -0.290. The molecule has 0 radical (unpaired) electrons. The largest absolute Gasteiger partial charge is 0.310 e. The highest BCUT2D eigenvalue weighted by Crippen LogP contribution is 2.30. The number of fused-ring (bicyclic) bond motifs is 1. The molecule has 1 atom stereocenters. The van der Waals surface area contributed by atoms with Crippen LogP contribution in [0.25, 0.3) is 0 Å². The Morgan fingerprint density at radius 1 is 1.31 bits per heavy atom. The van der Waals surface area contributed by atoms with Crippen LogP contribution in [0.3, 0.4) is 0 Å². The number of para-hydroxylation sites is 1. The van der Waals surface area contributed by atoms with Crippen LogP contribution in [0.4, 0.5) is 10.1 Å². The van der Waals surface area contributed by atoms with Crippen molar-refractivity contribution in [2.75, 3.05) is 24.5 Å². The highest BCUT2D eigenvalue weighted by Gasteiger charge is 2.27. The van der Waals surface area contributed by atoms with Crippen molar-refractivity contribution in [3.05, 3.63) is 65.5 Å². The number of anilines is 1. The maximum absolute atomic E-state index is 13.6. The molecule has 1 amide bonds. The van der Waals surface area contributed by atoms with Crippen LogP contribution in [0.2, 0.25) is 0 Å². The molecule has 26 heavy (non-hydrogen) atoms. The molecular weight excluding hydrogens is 329 g/mol. The second-order valence-corrected chi connectivity index (χ2v) is 6.53. The Labute approximate surface area is 153 Å². The second kappa shape index (κ2) is 8.11. The summed E-state index contributed by atoms with van der Waals surface area (Å²) in [5.41, 5.74) is 2.89.